The highest BCUT2D eigenvalue weighted by Crippen LogP contribution is 2.28. The van der Waals surface area contributed by atoms with Crippen LogP contribution >= 0.6 is 11.3 Å². The highest BCUT2D eigenvalue weighted by atomic mass is 32.1. The highest BCUT2D eigenvalue weighted by Gasteiger charge is 2.25. The maximum Gasteiger partial charge on any atom is 0.350 e. The Hall–Kier alpha value is -3.66. The van der Waals surface area contributed by atoms with E-state index < -0.39 is 41.7 Å². The van der Waals surface area contributed by atoms with Crippen LogP contribution in [0, 0.1) is 18.6 Å². The molecule has 3 rings (SSSR count). The molecule has 3 aromatic rings. The van der Waals surface area contributed by atoms with Crippen molar-refractivity contribution in [3.63, 3.8) is 0 Å². The van der Waals surface area contributed by atoms with Gasteiger partial charge in [0.2, 0.25) is 0 Å². The molecule has 0 fully saturated rings. The van der Waals surface area contributed by atoms with Gasteiger partial charge in [-0.15, -0.1) is 0 Å². The monoisotopic (exact) mass is 474 g/mol. The van der Waals surface area contributed by atoms with Crippen LogP contribution < -0.4 is 4.90 Å². The fraction of sp³-hybridized carbons (Fsp3) is 0.217. The van der Waals surface area contributed by atoms with Crippen molar-refractivity contribution in [2.45, 2.75) is 20.4 Å². The Bertz CT molecular complexity index is 1170. The van der Waals surface area contributed by atoms with E-state index in [2.05, 4.69) is 4.98 Å². The van der Waals surface area contributed by atoms with Crippen LogP contribution in [0.25, 0.3) is 0 Å². The van der Waals surface area contributed by atoms with Crippen molar-refractivity contribution in [1.29, 1.82) is 0 Å². The maximum atomic E-state index is 13.8. The second kappa shape index (κ2) is 10.8. The molecule has 0 radical (unpaired) electrons. The fourth-order valence-corrected chi connectivity index (χ4v) is 3.83. The zero-order valence-corrected chi connectivity index (χ0v) is 18.7. The molecular weight excluding hydrogens is 454 g/mol. The summed E-state index contributed by atoms with van der Waals surface area (Å²) < 4.78 is 36.9. The average molecular weight is 474 g/mol. The summed E-state index contributed by atoms with van der Waals surface area (Å²) in [4.78, 5) is 43.2. The first kappa shape index (κ1) is 24.0. The summed E-state index contributed by atoms with van der Waals surface area (Å²) in [7, 11) is 0. The lowest BCUT2D eigenvalue weighted by Gasteiger charge is -2.20. The Morgan fingerprint density at radius 2 is 1.76 bits per heavy atom. The van der Waals surface area contributed by atoms with E-state index in [-0.39, 0.29) is 23.2 Å². The van der Waals surface area contributed by atoms with Gasteiger partial charge < -0.3 is 9.47 Å². The number of aryl methyl sites for hydroxylation is 1. The SMILES string of the molecule is CCOC(=O)c1sc(N(Cc2ccccc2)C(=O)COC(=O)c2ccc(F)cc2F)nc1C. The van der Waals surface area contributed by atoms with Crippen LogP contribution in [0.1, 0.15) is 38.2 Å². The minimum atomic E-state index is -1.11. The number of hydrogen-bond donors (Lipinski definition) is 0. The number of nitrogens with zero attached hydrogens (tertiary/aromatic N) is 2. The summed E-state index contributed by atoms with van der Waals surface area (Å²) in [6.07, 6.45) is 0. The Balaban J connectivity index is 1.82. The molecule has 0 N–H and O–H groups in total. The van der Waals surface area contributed by atoms with E-state index in [4.69, 9.17) is 9.47 Å². The van der Waals surface area contributed by atoms with Crippen LogP contribution in [0.2, 0.25) is 0 Å². The van der Waals surface area contributed by atoms with Gasteiger partial charge in [0.15, 0.2) is 11.7 Å². The third kappa shape index (κ3) is 5.98. The van der Waals surface area contributed by atoms with E-state index >= 15 is 0 Å². The van der Waals surface area contributed by atoms with Crippen molar-refractivity contribution >= 4 is 34.3 Å². The van der Waals surface area contributed by atoms with Crippen LogP contribution in [0.4, 0.5) is 13.9 Å². The number of ether oxygens (including phenoxy) is 2. The number of hydrogen-bond acceptors (Lipinski definition) is 7. The van der Waals surface area contributed by atoms with Crippen molar-refractivity contribution in [2.24, 2.45) is 0 Å². The molecule has 1 aromatic heterocycles. The number of halogens is 2. The third-order valence-electron chi connectivity index (χ3n) is 4.44. The van der Waals surface area contributed by atoms with Gasteiger partial charge in [0, 0.05) is 6.07 Å². The summed E-state index contributed by atoms with van der Waals surface area (Å²) in [5, 5.41) is 0.216. The third-order valence-corrected chi connectivity index (χ3v) is 5.60. The number of benzene rings is 2. The van der Waals surface area contributed by atoms with E-state index in [1.54, 1.807) is 38.1 Å². The Labute approximate surface area is 192 Å². The van der Waals surface area contributed by atoms with Crippen molar-refractivity contribution < 1.29 is 32.6 Å². The standard InChI is InChI=1S/C23H20F2N2O5S/c1-3-31-22(30)20-14(2)26-23(33-20)27(12-15-7-5-4-6-8-15)19(28)13-32-21(29)17-10-9-16(24)11-18(17)25/h4-11H,3,12-13H2,1-2H3. The molecular formula is C23H20F2N2O5S. The molecule has 10 heteroatoms. The fourth-order valence-electron chi connectivity index (χ4n) is 2.85. The molecule has 33 heavy (non-hydrogen) atoms. The summed E-state index contributed by atoms with van der Waals surface area (Å²) in [5.41, 5.74) is 0.672. The predicted molar refractivity (Wildman–Crippen MR) is 117 cm³/mol. The van der Waals surface area contributed by atoms with Crippen molar-refractivity contribution in [1.82, 2.24) is 4.98 Å². The number of rotatable bonds is 8. The smallest absolute Gasteiger partial charge is 0.350 e. The quantitative estimate of drug-likeness (QED) is 0.453. The highest BCUT2D eigenvalue weighted by molar-refractivity contribution is 7.17. The van der Waals surface area contributed by atoms with Crippen molar-refractivity contribution in [3.8, 4) is 0 Å². The first-order valence-corrected chi connectivity index (χ1v) is 10.7. The van der Waals surface area contributed by atoms with Crippen LogP contribution in [0.3, 0.4) is 0 Å². The van der Waals surface area contributed by atoms with E-state index in [0.29, 0.717) is 11.8 Å². The Morgan fingerprint density at radius 1 is 1.03 bits per heavy atom. The van der Waals surface area contributed by atoms with E-state index in [1.807, 2.05) is 6.07 Å². The molecule has 0 aliphatic heterocycles. The number of amides is 1. The molecule has 1 heterocycles. The molecule has 0 saturated heterocycles. The second-order valence-corrected chi connectivity index (χ2v) is 7.77. The predicted octanol–water partition coefficient (Wildman–Crippen LogP) is 4.30. The number of thiazole rings is 1. The zero-order chi connectivity index (χ0) is 24.0. The summed E-state index contributed by atoms with van der Waals surface area (Å²) in [6, 6.07) is 11.4. The first-order chi connectivity index (χ1) is 15.8. The van der Waals surface area contributed by atoms with E-state index in [9.17, 15) is 23.2 Å². The molecule has 0 aliphatic rings. The summed E-state index contributed by atoms with van der Waals surface area (Å²) >= 11 is 0.975. The van der Waals surface area contributed by atoms with Gasteiger partial charge in [-0.1, -0.05) is 41.7 Å². The van der Waals surface area contributed by atoms with Gasteiger partial charge in [-0.25, -0.2) is 23.4 Å². The lowest BCUT2D eigenvalue weighted by Crippen LogP contribution is -2.34. The molecule has 0 aliphatic carbocycles. The van der Waals surface area contributed by atoms with E-state index in [1.165, 1.54) is 4.90 Å². The maximum absolute atomic E-state index is 13.8. The molecule has 2 aromatic carbocycles. The van der Waals surface area contributed by atoms with Gasteiger partial charge in [0.05, 0.1) is 24.4 Å². The minimum Gasteiger partial charge on any atom is -0.462 e. The minimum absolute atomic E-state index is 0.0946. The Kier molecular flexibility index (Phi) is 7.83. The topological polar surface area (TPSA) is 85.8 Å². The van der Waals surface area contributed by atoms with Crippen LogP contribution in [0.15, 0.2) is 48.5 Å². The number of aromatic nitrogens is 1. The van der Waals surface area contributed by atoms with Crippen LogP contribution in [-0.4, -0.2) is 36.0 Å². The summed E-state index contributed by atoms with van der Waals surface area (Å²) in [5.74, 6) is -4.24. The largest absolute Gasteiger partial charge is 0.462 e. The summed E-state index contributed by atoms with van der Waals surface area (Å²) in [6.45, 7) is 2.87. The normalized spacial score (nSPS) is 10.5. The Morgan fingerprint density at radius 3 is 2.42 bits per heavy atom. The van der Waals surface area contributed by atoms with Gasteiger partial charge >= 0.3 is 11.9 Å². The lowest BCUT2D eigenvalue weighted by atomic mass is 10.2. The molecule has 0 unspecified atom stereocenters. The molecule has 172 valence electrons. The van der Waals surface area contributed by atoms with Crippen LogP contribution in [0.5, 0.6) is 0 Å². The number of esters is 2. The molecule has 0 bridgehead atoms. The molecule has 1 amide bonds. The van der Waals surface area contributed by atoms with Gasteiger partial charge in [0.25, 0.3) is 5.91 Å². The van der Waals surface area contributed by atoms with E-state index in [0.717, 1.165) is 29.0 Å². The molecule has 7 nitrogen and oxygen atoms in total. The zero-order valence-electron chi connectivity index (χ0n) is 17.8. The second-order valence-electron chi connectivity index (χ2n) is 6.80. The van der Waals surface area contributed by atoms with Gasteiger partial charge in [-0.3, -0.25) is 9.69 Å². The van der Waals surface area contributed by atoms with Crippen molar-refractivity contribution in [3.05, 3.63) is 81.9 Å². The molecule has 0 atom stereocenters. The van der Waals surface area contributed by atoms with Gasteiger partial charge in [-0.05, 0) is 31.5 Å². The van der Waals surface area contributed by atoms with Gasteiger partial charge in [-0.2, -0.15) is 0 Å². The lowest BCUT2D eigenvalue weighted by molar-refractivity contribution is -0.121. The first-order valence-electron chi connectivity index (χ1n) is 9.91. The van der Waals surface area contributed by atoms with Crippen LogP contribution in [-0.2, 0) is 20.8 Å². The van der Waals surface area contributed by atoms with Crippen molar-refractivity contribution in [2.75, 3.05) is 18.1 Å². The number of anilines is 1. The number of carbonyl (C=O) groups excluding carboxylic acids is 3. The molecule has 0 saturated carbocycles. The number of carbonyl (C=O) groups is 3. The molecule has 0 spiro atoms. The van der Waals surface area contributed by atoms with Gasteiger partial charge in [0.1, 0.15) is 16.5 Å². The average Bonchev–Trinajstić information content (AvgIpc) is 3.18.